The molecular formula is C13H10IrN5O2-. The molecule has 0 aromatic carbocycles. The number of hydrogen-bond acceptors (Lipinski definition) is 5. The van der Waals surface area contributed by atoms with E-state index in [2.05, 4.69) is 26.5 Å². The first-order valence-electron chi connectivity index (χ1n) is 5.61. The summed E-state index contributed by atoms with van der Waals surface area (Å²) in [6.07, 6.45) is 7.36. The molecule has 0 saturated carbocycles. The van der Waals surface area contributed by atoms with E-state index in [-0.39, 0.29) is 25.8 Å². The van der Waals surface area contributed by atoms with Crippen LogP contribution in [0.4, 0.5) is 0 Å². The maximum atomic E-state index is 10.1. The van der Waals surface area contributed by atoms with Gasteiger partial charge in [-0.15, -0.1) is 0 Å². The molecule has 3 heterocycles. The normalized spacial score (nSPS) is 8.95. The van der Waals surface area contributed by atoms with Gasteiger partial charge in [0.05, 0.1) is 0 Å². The second-order valence-corrected chi connectivity index (χ2v) is 3.51. The summed E-state index contributed by atoms with van der Waals surface area (Å²) >= 11 is 0. The van der Waals surface area contributed by atoms with Crippen LogP contribution in [-0.2, 0) is 20.1 Å². The third kappa shape index (κ3) is 5.21. The molecule has 0 aliphatic rings. The number of aromatic carboxylic acids is 1. The van der Waals surface area contributed by atoms with E-state index >= 15 is 0 Å². The number of rotatable bonds is 2. The molecule has 0 saturated heterocycles. The smallest absolute Gasteiger partial charge is 0.354 e. The molecule has 0 spiro atoms. The number of hydrogen-bond donors (Lipinski definition) is 1. The second kappa shape index (κ2) is 8.67. The van der Waals surface area contributed by atoms with Gasteiger partial charge in [0.1, 0.15) is 5.69 Å². The summed E-state index contributed by atoms with van der Waals surface area (Å²) < 4.78 is 1.62. The molecular weight excluding hydrogens is 450 g/mol. The summed E-state index contributed by atoms with van der Waals surface area (Å²) in [5.74, 6) is -0.215. The minimum absolute atomic E-state index is 0. The molecule has 0 atom stereocenters. The minimum Gasteiger partial charge on any atom is -0.477 e. The Kier molecular flexibility index (Phi) is 6.86. The molecule has 21 heavy (non-hydrogen) atoms. The monoisotopic (exact) mass is 461 g/mol. The van der Waals surface area contributed by atoms with Gasteiger partial charge in [-0.05, 0) is 18.2 Å². The Morgan fingerprint density at radius 1 is 1.10 bits per heavy atom. The number of carboxylic acid groups (broad SMARTS) is 1. The Labute approximate surface area is 134 Å². The van der Waals surface area contributed by atoms with Crippen molar-refractivity contribution < 1.29 is 30.0 Å². The van der Waals surface area contributed by atoms with Gasteiger partial charge in [-0.3, -0.25) is 0 Å². The van der Waals surface area contributed by atoms with Crippen LogP contribution in [-0.4, -0.2) is 35.8 Å². The van der Waals surface area contributed by atoms with Crippen LogP contribution in [0.2, 0.25) is 0 Å². The Morgan fingerprint density at radius 3 is 2.24 bits per heavy atom. The molecule has 109 valence electrons. The van der Waals surface area contributed by atoms with E-state index in [1.54, 1.807) is 29.2 Å². The summed E-state index contributed by atoms with van der Waals surface area (Å²) in [6, 6.07) is 10.4. The first-order chi connectivity index (χ1) is 9.77. The predicted molar refractivity (Wildman–Crippen MR) is 69.2 cm³/mol. The molecule has 1 radical (unpaired) electrons. The van der Waals surface area contributed by atoms with E-state index in [0.717, 1.165) is 5.82 Å². The van der Waals surface area contributed by atoms with Gasteiger partial charge >= 0.3 is 5.97 Å². The molecule has 3 aromatic heterocycles. The van der Waals surface area contributed by atoms with Gasteiger partial charge in [-0.2, -0.15) is 0 Å². The van der Waals surface area contributed by atoms with Gasteiger partial charge in [0, 0.05) is 51.0 Å². The van der Waals surface area contributed by atoms with Crippen LogP contribution >= 0.6 is 0 Å². The van der Waals surface area contributed by atoms with Crippen molar-refractivity contribution in [3.63, 3.8) is 0 Å². The van der Waals surface area contributed by atoms with Gasteiger partial charge in [0.25, 0.3) is 0 Å². The van der Waals surface area contributed by atoms with Crippen molar-refractivity contribution in [2.24, 2.45) is 0 Å². The maximum Gasteiger partial charge on any atom is 0.354 e. The van der Waals surface area contributed by atoms with Gasteiger partial charge in [-0.1, -0.05) is 18.2 Å². The van der Waals surface area contributed by atoms with E-state index in [1.165, 1.54) is 12.3 Å². The molecule has 3 rings (SSSR count). The molecule has 0 fully saturated rings. The molecule has 1 N–H and O–H groups in total. The zero-order chi connectivity index (χ0) is 14.2. The van der Waals surface area contributed by atoms with Crippen LogP contribution in [0.25, 0.3) is 5.82 Å². The summed E-state index contributed by atoms with van der Waals surface area (Å²) in [7, 11) is 0. The second-order valence-electron chi connectivity index (χ2n) is 3.51. The standard InChI is InChI=1S/C7H5N4.C6H5NO2.Ir/c1-2-4-8-7(3-1)11-5-9-10-6-11;8-6(9)5-3-1-2-4-7-5;/h1-5H;1-4H,(H,8,9);/q-1;;. The van der Waals surface area contributed by atoms with Crippen molar-refractivity contribution in [2.75, 3.05) is 0 Å². The van der Waals surface area contributed by atoms with E-state index in [4.69, 9.17) is 5.11 Å². The molecule has 0 amide bonds. The number of carbonyl (C=O) groups is 1. The summed E-state index contributed by atoms with van der Waals surface area (Å²) in [4.78, 5) is 17.8. The minimum atomic E-state index is -0.990. The fourth-order valence-corrected chi connectivity index (χ4v) is 1.27. The number of aromatic nitrogens is 5. The molecule has 7 nitrogen and oxygen atoms in total. The first-order valence-corrected chi connectivity index (χ1v) is 5.61. The Hall–Kier alpha value is -2.44. The Bertz CT molecular complexity index is 647. The first kappa shape index (κ1) is 16.6. The summed E-state index contributed by atoms with van der Waals surface area (Å²) in [6.45, 7) is 0. The molecule has 3 aromatic rings. The molecule has 0 unspecified atom stereocenters. The van der Waals surface area contributed by atoms with Crippen molar-refractivity contribution in [3.8, 4) is 5.82 Å². The fraction of sp³-hybridized carbons (Fsp3) is 0. The third-order valence-electron chi connectivity index (χ3n) is 2.16. The van der Waals surface area contributed by atoms with Gasteiger partial charge in [0.2, 0.25) is 0 Å². The summed E-state index contributed by atoms with van der Waals surface area (Å²) in [5, 5.41) is 15.5. The van der Waals surface area contributed by atoms with Gasteiger partial charge in [0.15, 0.2) is 0 Å². The van der Waals surface area contributed by atoms with Gasteiger partial charge < -0.3 is 14.7 Å². The van der Waals surface area contributed by atoms with E-state index in [0.29, 0.717) is 0 Å². The largest absolute Gasteiger partial charge is 0.477 e. The van der Waals surface area contributed by atoms with E-state index < -0.39 is 5.97 Å². The van der Waals surface area contributed by atoms with Crippen molar-refractivity contribution in [3.05, 3.63) is 67.1 Å². The van der Waals surface area contributed by atoms with E-state index in [1.807, 2.05) is 18.2 Å². The molecule has 0 aliphatic heterocycles. The fourth-order valence-electron chi connectivity index (χ4n) is 1.27. The SMILES string of the molecule is O=C(O)c1ccccn1.[Ir].[c-]1nncn1-c1ccccn1. The third-order valence-corrected chi connectivity index (χ3v) is 2.16. The van der Waals surface area contributed by atoms with Crippen molar-refractivity contribution >= 4 is 5.97 Å². The van der Waals surface area contributed by atoms with Crippen molar-refractivity contribution in [2.45, 2.75) is 0 Å². The quantitative estimate of drug-likeness (QED) is 0.579. The number of nitrogens with zero attached hydrogens (tertiary/aromatic N) is 5. The Balaban J connectivity index is 0.000000205. The topological polar surface area (TPSA) is 93.8 Å². The predicted octanol–water partition coefficient (Wildman–Crippen LogP) is 1.24. The van der Waals surface area contributed by atoms with Crippen LogP contribution in [0, 0.1) is 6.33 Å². The zero-order valence-electron chi connectivity index (χ0n) is 10.6. The van der Waals surface area contributed by atoms with Crippen LogP contribution in [0.5, 0.6) is 0 Å². The zero-order valence-corrected chi connectivity index (χ0v) is 13.0. The van der Waals surface area contributed by atoms with Crippen LogP contribution in [0.15, 0.2) is 55.1 Å². The van der Waals surface area contributed by atoms with E-state index in [9.17, 15) is 4.79 Å². The van der Waals surface area contributed by atoms with Crippen LogP contribution in [0.1, 0.15) is 10.5 Å². The number of carboxylic acids is 1. The van der Waals surface area contributed by atoms with Crippen molar-refractivity contribution in [1.82, 2.24) is 24.7 Å². The maximum absolute atomic E-state index is 10.1. The molecule has 0 bridgehead atoms. The molecule has 8 heteroatoms. The summed E-state index contributed by atoms with van der Waals surface area (Å²) in [5.41, 5.74) is 0.0810. The van der Waals surface area contributed by atoms with Gasteiger partial charge in [-0.25, -0.2) is 20.0 Å². The molecule has 0 aliphatic carbocycles. The van der Waals surface area contributed by atoms with Crippen LogP contribution < -0.4 is 0 Å². The average Bonchev–Trinajstić information content (AvgIpc) is 3.04. The number of pyridine rings is 2. The Morgan fingerprint density at radius 2 is 1.81 bits per heavy atom. The van der Waals surface area contributed by atoms with Crippen molar-refractivity contribution in [1.29, 1.82) is 0 Å². The average molecular weight is 460 g/mol. The van der Waals surface area contributed by atoms with Crippen LogP contribution in [0.3, 0.4) is 0 Å².